The summed E-state index contributed by atoms with van der Waals surface area (Å²) in [5.41, 5.74) is -1.20. The average molecular weight is 280 g/mol. The molecule has 0 heterocycles. The molecule has 1 rings (SSSR count). The number of rotatable bonds is 5. The molecular formula is C16H26NO3+. The molecule has 1 N–H and O–H groups in total. The van der Waals surface area contributed by atoms with Crippen LogP contribution in [0.4, 0.5) is 0 Å². The monoisotopic (exact) mass is 280 g/mol. The number of hydrogen-bond acceptors (Lipinski definition) is 3. The average Bonchev–Trinajstić information content (AvgIpc) is 2.36. The van der Waals surface area contributed by atoms with Gasteiger partial charge in [-0.3, -0.25) is 0 Å². The Morgan fingerprint density at radius 3 is 2.05 bits per heavy atom. The summed E-state index contributed by atoms with van der Waals surface area (Å²) < 4.78 is 10.7. The highest BCUT2D eigenvalue weighted by Crippen LogP contribution is 2.43. The van der Waals surface area contributed by atoms with E-state index in [2.05, 4.69) is 0 Å². The first-order valence-corrected chi connectivity index (χ1v) is 6.56. The summed E-state index contributed by atoms with van der Waals surface area (Å²) in [4.78, 5) is 0. The Morgan fingerprint density at radius 1 is 1.10 bits per heavy atom. The van der Waals surface area contributed by atoms with Gasteiger partial charge in [-0.2, -0.15) is 0 Å². The van der Waals surface area contributed by atoms with Crippen LogP contribution in [-0.4, -0.2) is 43.4 Å². The lowest BCUT2D eigenvalue weighted by atomic mass is 9.76. The summed E-state index contributed by atoms with van der Waals surface area (Å²) in [6, 6.07) is 5.37. The first kappa shape index (κ1) is 16.8. The number of benzene rings is 1. The Bertz CT molecular complexity index is 473. The lowest BCUT2D eigenvalue weighted by Crippen LogP contribution is -2.62. The highest BCUT2D eigenvalue weighted by Gasteiger charge is 2.52. The maximum absolute atomic E-state index is 11.1. The van der Waals surface area contributed by atoms with Gasteiger partial charge in [-0.1, -0.05) is 0 Å². The zero-order chi connectivity index (χ0) is 15.8. The molecule has 1 aromatic rings. The first-order chi connectivity index (χ1) is 8.99. The predicted molar refractivity (Wildman–Crippen MR) is 79.6 cm³/mol. The zero-order valence-corrected chi connectivity index (χ0v) is 13.5. The number of aliphatic hydroxyl groups is 1. The van der Waals surface area contributed by atoms with Crippen LogP contribution in [0.1, 0.15) is 26.3 Å². The second-order valence-corrected chi connectivity index (χ2v) is 6.24. The standard InChI is InChI=1S/C16H26NO3/c1-15(2,17(4,5)6)16(3,18)13-11-12(19-7)9-10-14(13)20-8/h4,9-11,18H,1-3,5-8H3/q+1. The van der Waals surface area contributed by atoms with Gasteiger partial charge in [0.05, 0.1) is 28.3 Å². The molecule has 0 bridgehead atoms. The van der Waals surface area contributed by atoms with Crippen molar-refractivity contribution in [3.05, 3.63) is 30.8 Å². The quantitative estimate of drug-likeness (QED) is 0.842. The van der Waals surface area contributed by atoms with Crippen LogP contribution in [0.3, 0.4) is 0 Å². The van der Waals surface area contributed by atoms with Crippen LogP contribution < -0.4 is 9.47 Å². The Balaban J connectivity index is 3.48. The van der Waals surface area contributed by atoms with Crippen LogP contribution >= 0.6 is 0 Å². The van der Waals surface area contributed by atoms with E-state index in [-0.39, 0.29) is 4.48 Å². The lowest BCUT2D eigenvalue weighted by molar-refractivity contribution is -0.906. The number of methoxy groups -OCH3 is 2. The van der Waals surface area contributed by atoms with Gasteiger partial charge in [-0.15, -0.1) is 0 Å². The molecule has 1 atom stereocenters. The SMILES string of the molecule is [CH][N+](C)(C)C(C)(C)C(C)(O)c1cc(OC)ccc1OC. The zero-order valence-electron chi connectivity index (χ0n) is 13.5. The number of ether oxygens (including phenoxy) is 2. The minimum absolute atomic E-state index is 0.111. The molecule has 0 saturated heterocycles. The van der Waals surface area contributed by atoms with Crippen molar-refractivity contribution in [1.82, 2.24) is 0 Å². The number of hydrogen-bond donors (Lipinski definition) is 1. The van der Waals surface area contributed by atoms with Crippen LogP contribution in [0, 0.1) is 7.05 Å². The van der Waals surface area contributed by atoms with Gasteiger partial charge in [0, 0.05) is 5.56 Å². The third kappa shape index (κ3) is 2.63. The van der Waals surface area contributed by atoms with E-state index < -0.39 is 11.1 Å². The van der Waals surface area contributed by atoms with Crippen molar-refractivity contribution in [3.8, 4) is 11.5 Å². The molecule has 0 aromatic heterocycles. The molecule has 0 aliphatic carbocycles. The summed E-state index contributed by atoms with van der Waals surface area (Å²) in [5, 5.41) is 11.1. The van der Waals surface area contributed by atoms with Gasteiger partial charge in [-0.25, -0.2) is 0 Å². The Hall–Kier alpha value is -1.26. The Labute approximate surface area is 122 Å². The fourth-order valence-corrected chi connectivity index (χ4v) is 2.09. The van der Waals surface area contributed by atoms with Crippen LogP contribution in [0.2, 0.25) is 0 Å². The van der Waals surface area contributed by atoms with Gasteiger partial charge in [0.1, 0.15) is 22.6 Å². The topological polar surface area (TPSA) is 38.7 Å². The Kier molecular flexibility index (Phi) is 4.42. The maximum atomic E-state index is 11.1. The van der Waals surface area contributed by atoms with E-state index in [0.29, 0.717) is 17.1 Å². The van der Waals surface area contributed by atoms with Crippen molar-refractivity contribution in [2.24, 2.45) is 0 Å². The molecule has 2 radical (unpaired) electrons. The largest absolute Gasteiger partial charge is 0.497 e. The maximum Gasteiger partial charge on any atom is 0.206 e. The van der Waals surface area contributed by atoms with Crippen molar-refractivity contribution in [3.63, 3.8) is 0 Å². The van der Waals surface area contributed by atoms with Crippen LogP contribution in [0.5, 0.6) is 11.5 Å². The third-order valence-electron chi connectivity index (χ3n) is 4.56. The van der Waals surface area contributed by atoms with Crippen molar-refractivity contribution in [2.45, 2.75) is 31.9 Å². The summed E-state index contributed by atoms with van der Waals surface area (Å²) >= 11 is 0. The molecular weight excluding hydrogens is 254 g/mol. The molecule has 112 valence electrons. The minimum Gasteiger partial charge on any atom is -0.497 e. The van der Waals surface area contributed by atoms with Crippen LogP contribution in [0.25, 0.3) is 0 Å². The summed E-state index contributed by atoms with van der Waals surface area (Å²) in [7, 11) is 13.1. The van der Waals surface area contributed by atoms with E-state index in [1.54, 1.807) is 39.3 Å². The van der Waals surface area contributed by atoms with E-state index in [0.717, 1.165) is 0 Å². The van der Waals surface area contributed by atoms with E-state index in [4.69, 9.17) is 16.5 Å². The fourth-order valence-electron chi connectivity index (χ4n) is 2.09. The first-order valence-electron chi connectivity index (χ1n) is 6.56. The van der Waals surface area contributed by atoms with Gasteiger partial charge < -0.3 is 19.1 Å². The highest BCUT2D eigenvalue weighted by molar-refractivity contribution is 5.44. The minimum atomic E-state index is -1.20. The molecule has 4 heteroatoms. The Morgan fingerprint density at radius 2 is 1.65 bits per heavy atom. The van der Waals surface area contributed by atoms with E-state index >= 15 is 0 Å². The second kappa shape index (κ2) is 5.26. The highest BCUT2D eigenvalue weighted by atomic mass is 16.5. The van der Waals surface area contributed by atoms with Crippen molar-refractivity contribution in [1.29, 1.82) is 0 Å². The summed E-state index contributed by atoms with van der Waals surface area (Å²) in [5.74, 6) is 1.27. The lowest BCUT2D eigenvalue weighted by Gasteiger charge is -2.49. The second-order valence-electron chi connectivity index (χ2n) is 6.24. The van der Waals surface area contributed by atoms with Gasteiger partial charge in [0.25, 0.3) is 0 Å². The molecule has 0 amide bonds. The van der Waals surface area contributed by atoms with Gasteiger partial charge >= 0.3 is 0 Å². The fraction of sp³-hybridized carbons (Fsp3) is 0.562. The number of nitrogens with zero attached hydrogens (tertiary/aromatic N) is 1. The molecule has 1 aromatic carbocycles. The van der Waals surface area contributed by atoms with E-state index in [1.807, 2.05) is 27.9 Å². The van der Waals surface area contributed by atoms with Crippen LogP contribution in [-0.2, 0) is 5.60 Å². The van der Waals surface area contributed by atoms with Crippen molar-refractivity contribution >= 4 is 0 Å². The van der Waals surface area contributed by atoms with E-state index in [9.17, 15) is 5.11 Å². The molecule has 0 saturated carbocycles. The molecule has 0 spiro atoms. The molecule has 1 unspecified atom stereocenters. The van der Waals surface area contributed by atoms with Crippen molar-refractivity contribution in [2.75, 3.05) is 28.3 Å². The van der Waals surface area contributed by atoms with Gasteiger partial charge in [-0.05, 0) is 39.0 Å². The number of quaternary nitrogens is 1. The van der Waals surface area contributed by atoms with Crippen molar-refractivity contribution < 1.29 is 19.1 Å². The molecule has 0 aliphatic heterocycles. The molecule has 0 aliphatic rings. The van der Waals surface area contributed by atoms with Gasteiger partial charge in [0.2, 0.25) is 7.05 Å². The van der Waals surface area contributed by atoms with E-state index in [1.165, 1.54) is 0 Å². The number of likely N-dealkylation sites (N-methyl/N-ethyl adjacent to an activating group) is 1. The normalized spacial score (nSPS) is 15.7. The molecule has 0 fully saturated rings. The summed E-state index contributed by atoms with van der Waals surface area (Å²) in [6.45, 7) is 5.59. The molecule has 4 nitrogen and oxygen atoms in total. The predicted octanol–water partition coefficient (Wildman–Crippen LogP) is 2.43. The van der Waals surface area contributed by atoms with Gasteiger partial charge in [0.15, 0.2) is 0 Å². The molecule has 20 heavy (non-hydrogen) atoms. The smallest absolute Gasteiger partial charge is 0.206 e. The van der Waals surface area contributed by atoms with Crippen LogP contribution in [0.15, 0.2) is 18.2 Å². The summed E-state index contributed by atoms with van der Waals surface area (Å²) in [6.07, 6.45) is 0. The third-order valence-corrected chi connectivity index (χ3v) is 4.56.